The standard InChI is InChI=1S/C16H23N/c1-11-4-3-5-14(8-11)12(2)17-16-10-13-6-7-15(16)9-13/h3-5,8,12-13,15-17H,6-7,9-10H2,1-2H3/t12-,13?,15?,16?/m1/s1. The number of benzene rings is 1. The Bertz CT molecular complexity index is 398. The van der Waals surface area contributed by atoms with Crippen molar-refractivity contribution in [3.05, 3.63) is 35.4 Å². The van der Waals surface area contributed by atoms with Crippen molar-refractivity contribution in [1.82, 2.24) is 5.32 Å². The molecule has 0 aliphatic heterocycles. The lowest BCUT2D eigenvalue weighted by atomic mass is 9.94. The van der Waals surface area contributed by atoms with Gasteiger partial charge in [0.15, 0.2) is 0 Å². The van der Waals surface area contributed by atoms with Crippen LogP contribution in [0.4, 0.5) is 0 Å². The van der Waals surface area contributed by atoms with Gasteiger partial charge in [-0.05, 0) is 50.5 Å². The second kappa shape index (κ2) is 4.45. The van der Waals surface area contributed by atoms with Gasteiger partial charge in [0, 0.05) is 12.1 Å². The number of fused-ring (bicyclic) bond motifs is 2. The topological polar surface area (TPSA) is 12.0 Å². The first-order valence-electron chi connectivity index (χ1n) is 7.05. The van der Waals surface area contributed by atoms with Crippen LogP contribution in [0.25, 0.3) is 0 Å². The van der Waals surface area contributed by atoms with E-state index in [0.29, 0.717) is 6.04 Å². The first-order valence-corrected chi connectivity index (χ1v) is 7.05. The SMILES string of the molecule is Cc1cccc([C@@H](C)NC2CC3CCC2C3)c1. The maximum atomic E-state index is 3.85. The van der Waals surface area contributed by atoms with E-state index in [-0.39, 0.29) is 0 Å². The Balaban J connectivity index is 1.65. The van der Waals surface area contributed by atoms with Crippen molar-refractivity contribution in [3.8, 4) is 0 Å². The van der Waals surface area contributed by atoms with Crippen LogP contribution in [-0.2, 0) is 0 Å². The summed E-state index contributed by atoms with van der Waals surface area (Å²) in [5.74, 6) is 1.99. The molecule has 0 spiro atoms. The molecule has 2 bridgehead atoms. The van der Waals surface area contributed by atoms with Gasteiger partial charge in [-0.25, -0.2) is 0 Å². The Hall–Kier alpha value is -0.820. The van der Waals surface area contributed by atoms with E-state index in [9.17, 15) is 0 Å². The van der Waals surface area contributed by atoms with Crippen molar-refractivity contribution >= 4 is 0 Å². The Morgan fingerprint density at radius 3 is 2.76 bits per heavy atom. The zero-order chi connectivity index (χ0) is 11.8. The summed E-state index contributed by atoms with van der Waals surface area (Å²) >= 11 is 0. The van der Waals surface area contributed by atoms with E-state index >= 15 is 0 Å². The molecule has 1 aromatic carbocycles. The predicted molar refractivity (Wildman–Crippen MR) is 72.0 cm³/mol. The lowest BCUT2D eigenvalue weighted by molar-refractivity contribution is 0.327. The van der Waals surface area contributed by atoms with Crippen LogP contribution in [0.15, 0.2) is 24.3 Å². The van der Waals surface area contributed by atoms with Crippen molar-refractivity contribution in [2.24, 2.45) is 11.8 Å². The second-order valence-corrected chi connectivity index (χ2v) is 6.08. The molecule has 1 heteroatoms. The molecule has 0 aromatic heterocycles. The third-order valence-electron chi connectivity index (χ3n) is 4.74. The number of rotatable bonds is 3. The summed E-state index contributed by atoms with van der Waals surface area (Å²) < 4.78 is 0. The largest absolute Gasteiger partial charge is 0.307 e. The average molecular weight is 229 g/mol. The van der Waals surface area contributed by atoms with Gasteiger partial charge < -0.3 is 5.32 Å². The van der Waals surface area contributed by atoms with Crippen molar-refractivity contribution < 1.29 is 0 Å². The van der Waals surface area contributed by atoms with E-state index < -0.39 is 0 Å². The fourth-order valence-electron chi connectivity index (χ4n) is 3.81. The Morgan fingerprint density at radius 2 is 2.12 bits per heavy atom. The number of aryl methyl sites for hydroxylation is 1. The molecular weight excluding hydrogens is 206 g/mol. The van der Waals surface area contributed by atoms with Gasteiger partial charge in [-0.1, -0.05) is 36.2 Å². The number of nitrogens with one attached hydrogen (secondary N) is 1. The van der Waals surface area contributed by atoms with Gasteiger partial charge in [0.25, 0.3) is 0 Å². The minimum absolute atomic E-state index is 0.499. The van der Waals surface area contributed by atoms with Gasteiger partial charge >= 0.3 is 0 Å². The molecule has 1 aromatic rings. The number of hydrogen-bond acceptors (Lipinski definition) is 1. The lowest BCUT2D eigenvalue weighted by Gasteiger charge is -2.27. The molecule has 0 heterocycles. The molecule has 1 nitrogen and oxygen atoms in total. The zero-order valence-corrected chi connectivity index (χ0v) is 10.9. The molecule has 0 amide bonds. The van der Waals surface area contributed by atoms with Crippen LogP contribution in [0.5, 0.6) is 0 Å². The van der Waals surface area contributed by atoms with E-state index in [1.807, 2.05) is 0 Å². The van der Waals surface area contributed by atoms with Crippen molar-refractivity contribution in [2.75, 3.05) is 0 Å². The average Bonchev–Trinajstić information content (AvgIpc) is 2.91. The minimum Gasteiger partial charge on any atom is -0.307 e. The van der Waals surface area contributed by atoms with Crippen molar-refractivity contribution in [2.45, 2.75) is 51.6 Å². The molecule has 92 valence electrons. The van der Waals surface area contributed by atoms with Gasteiger partial charge in [-0.3, -0.25) is 0 Å². The summed E-state index contributed by atoms with van der Waals surface area (Å²) in [5, 5.41) is 3.85. The van der Waals surface area contributed by atoms with Crippen LogP contribution in [0.1, 0.15) is 49.8 Å². The Morgan fingerprint density at radius 1 is 1.24 bits per heavy atom. The van der Waals surface area contributed by atoms with Crippen LogP contribution < -0.4 is 5.32 Å². The molecule has 2 aliphatic carbocycles. The van der Waals surface area contributed by atoms with Gasteiger partial charge in [0.1, 0.15) is 0 Å². The highest BCUT2D eigenvalue weighted by Gasteiger charge is 2.39. The quantitative estimate of drug-likeness (QED) is 0.830. The first kappa shape index (κ1) is 11.3. The maximum absolute atomic E-state index is 3.85. The molecule has 0 saturated heterocycles. The maximum Gasteiger partial charge on any atom is 0.0294 e. The molecule has 3 rings (SSSR count). The van der Waals surface area contributed by atoms with Gasteiger partial charge in [-0.2, -0.15) is 0 Å². The lowest BCUT2D eigenvalue weighted by Crippen LogP contribution is -2.35. The summed E-state index contributed by atoms with van der Waals surface area (Å²) in [6.07, 6.45) is 5.85. The molecule has 3 unspecified atom stereocenters. The fourth-order valence-corrected chi connectivity index (χ4v) is 3.81. The minimum atomic E-state index is 0.499. The Kier molecular flexibility index (Phi) is 2.96. The van der Waals surface area contributed by atoms with E-state index in [1.165, 1.54) is 36.8 Å². The molecule has 2 aliphatic rings. The van der Waals surface area contributed by atoms with Crippen LogP contribution in [-0.4, -0.2) is 6.04 Å². The van der Waals surface area contributed by atoms with Crippen LogP contribution in [0, 0.1) is 18.8 Å². The normalized spacial score (nSPS) is 32.9. The summed E-state index contributed by atoms with van der Waals surface area (Å²) in [4.78, 5) is 0. The molecule has 4 atom stereocenters. The summed E-state index contributed by atoms with van der Waals surface area (Å²) in [6.45, 7) is 4.48. The van der Waals surface area contributed by atoms with E-state index in [4.69, 9.17) is 0 Å². The highest BCUT2D eigenvalue weighted by Crippen LogP contribution is 2.45. The zero-order valence-electron chi connectivity index (χ0n) is 10.9. The van der Waals surface area contributed by atoms with Crippen LogP contribution in [0.2, 0.25) is 0 Å². The summed E-state index contributed by atoms with van der Waals surface area (Å²) in [5.41, 5.74) is 2.80. The van der Waals surface area contributed by atoms with Crippen LogP contribution in [0.3, 0.4) is 0 Å². The Labute approximate surface area is 105 Å². The smallest absolute Gasteiger partial charge is 0.0294 e. The predicted octanol–water partition coefficient (Wildman–Crippen LogP) is 3.83. The van der Waals surface area contributed by atoms with Crippen molar-refractivity contribution in [1.29, 1.82) is 0 Å². The highest BCUT2D eigenvalue weighted by atomic mass is 15.0. The second-order valence-electron chi connectivity index (χ2n) is 6.08. The summed E-state index contributed by atoms with van der Waals surface area (Å²) in [6, 6.07) is 10.2. The highest BCUT2D eigenvalue weighted by molar-refractivity contribution is 5.24. The first-order chi connectivity index (χ1) is 8.22. The van der Waals surface area contributed by atoms with E-state index in [2.05, 4.69) is 43.4 Å². The molecular formula is C16H23N. The molecule has 2 fully saturated rings. The summed E-state index contributed by atoms with van der Waals surface area (Å²) in [7, 11) is 0. The van der Waals surface area contributed by atoms with Crippen LogP contribution >= 0.6 is 0 Å². The molecule has 17 heavy (non-hydrogen) atoms. The van der Waals surface area contributed by atoms with Gasteiger partial charge in [-0.15, -0.1) is 0 Å². The fraction of sp³-hybridized carbons (Fsp3) is 0.625. The molecule has 1 N–H and O–H groups in total. The third kappa shape index (κ3) is 2.26. The van der Waals surface area contributed by atoms with E-state index in [0.717, 1.165) is 17.9 Å². The number of hydrogen-bond donors (Lipinski definition) is 1. The molecule has 2 saturated carbocycles. The van der Waals surface area contributed by atoms with Crippen molar-refractivity contribution in [3.63, 3.8) is 0 Å². The molecule has 0 radical (unpaired) electrons. The van der Waals surface area contributed by atoms with Gasteiger partial charge in [0.05, 0.1) is 0 Å². The monoisotopic (exact) mass is 229 g/mol. The van der Waals surface area contributed by atoms with E-state index in [1.54, 1.807) is 0 Å². The van der Waals surface area contributed by atoms with Gasteiger partial charge in [0.2, 0.25) is 0 Å². The third-order valence-corrected chi connectivity index (χ3v) is 4.74.